The summed E-state index contributed by atoms with van der Waals surface area (Å²) in [6.07, 6.45) is 2.09. The van der Waals surface area contributed by atoms with Crippen molar-refractivity contribution in [1.29, 1.82) is 0 Å². The third-order valence-corrected chi connectivity index (χ3v) is 4.80. The van der Waals surface area contributed by atoms with Crippen LogP contribution in [0, 0.1) is 19.7 Å². The van der Waals surface area contributed by atoms with Crippen LogP contribution >= 0.6 is 0 Å². The minimum Gasteiger partial charge on any atom is -0.319 e. The lowest BCUT2D eigenvalue weighted by atomic mass is 10.1. The molecule has 0 saturated heterocycles. The van der Waals surface area contributed by atoms with Crippen LogP contribution in [0.25, 0.3) is 11.4 Å². The summed E-state index contributed by atoms with van der Waals surface area (Å²) in [7, 11) is 0. The summed E-state index contributed by atoms with van der Waals surface area (Å²) in [5, 5.41) is 18.3. The van der Waals surface area contributed by atoms with Crippen molar-refractivity contribution in [3.8, 4) is 11.4 Å². The first-order chi connectivity index (χ1) is 14.5. The average Bonchev–Trinajstić information content (AvgIpc) is 3.36. The van der Waals surface area contributed by atoms with Gasteiger partial charge in [0.2, 0.25) is 0 Å². The minimum atomic E-state index is -0.554. The van der Waals surface area contributed by atoms with Crippen LogP contribution in [-0.2, 0) is 6.42 Å². The maximum atomic E-state index is 14.4. The van der Waals surface area contributed by atoms with Crippen molar-refractivity contribution >= 4 is 11.6 Å². The number of benzene rings is 2. The highest BCUT2D eigenvalue weighted by molar-refractivity contribution is 6.05. The van der Waals surface area contributed by atoms with E-state index in [0.29, 0.717) is 23.5 Å². The van der Waals surface area contributed by atoms with Crippen LogP contribution in [0.3, 0.4) is 0 Å². The molecule has 8 nitrogen and oxygen atoms in total. The third kappa shape index (κ3) is 3.57. The number of anilines is 1. The molecule has 0 unspecified atom stereocenters. The highest BCUT2D eigenvalue weighted by Crippen LogP contribution is 2.22. The van der Waals surface area contributed by atoms with E-state index in [0.717, 1.165) is 16.9 Å². The Morgan fingerprint density at radius 2 is 1.80 bits per heavy atom. The zero-order valence-corrected chi connectivity index (χ0v) is 16.8. The van der Waals surface area contributed by atoms with Gasteiger partial charge in [0.15, 0.2) is 5.82 Å². The molecule has 4 rings (SSSR count). The van der Waals surface area contributed by atoms with Crippen molar-refractivity contribution in [2.75, 3.05) is 5.32 Å². The molecule has 30 heavy (non-hydrogen) atoms. The zero-order chi connectivity index (χ0) is 21.3. The van der Waals surface area contributed by atoms with Crippen LogP contribution in [0.2, 0.25) is 0 Å². The molecule has 9 heteroatoms. The lowest BCUT2D eigenvalue weighted by Gasteiger charge is -2.10. The van der Waals surface area contributed by atoms with Crippen LogP contribution in [0.1, 0.15) is 34.4 Å². The monoisotopic (exact) mass is 405 g/mol. The highest BCUT2D eigenvalue weighted by Gasteiger charge is 2.19. The Labute approximate surface area is 172 Å². The number of hydrogen-bond donors (Lipinski definition) is 1. The predicted octanol–water partition coefficient (Wildman–Crippen LogP) is 3.42. The summed E-state index contributed by atoms with van der Waals surface area (Å²) < 4.78 is 17.6. The molecular formula is C21H20FN7O. The molecule has 0 fully saturated rings. The van der Waals surface area contributed by atoms with Gasteiger partial charge in [-0.05, 0) is 61.0 Å². The van der Waals surface area contributed by atoms with E-state index in [1.165, 1.54) is 23.0 Å². The fraction of sp³-hybridized carbons (Fsp3) is 0.190. The number of rotatable bonds is 5. The maximum Gasteiger partial charge on any atom is 0.259 e. The molecule has 4 aromatic rings. The number of nitrogens with one attached hydrogen (secondary N) is 1. The van der Waals surface area contributed by atoms with Crippen LogP contribution in [-0.4, -0.2) is 35.9 Å². The second kappa shape index (κ2) is 7.86. The Morgan fingerprint density at radius 1 is 1.07 bits per heavy atom. The van der Waals surface area contributed by atoms with Crippen molar-refractivity contribution in [2.45, 2.75) is 27.2 Å². The molecule has 1 N–H and O–H groups in total. The molecule has 152 valence electrons. The van der Waals surface area contributed by atoms with Gasteiger partial charge in [0.25, 0.3) is 5.91 Å². The lowest BCUT2D eigenvalue weighted by Crippen LogP contribution is -2.15. The van der Waals surface area contributed by atoms with E-state index in [1.54, 1.807) is 17.7 Å². The van der Waals surface area contributed by atoms with E-state index >= 15 is 0 Å². The molecule has 2 heterocycles. The molecule has 0 saturated carbocycles. The van der Waals surface area contributed by atoms with Gasteiger partial charge in [-0.1, -0.05) is 24.6 Å². The number of carbonyl (C=O) groups is 1. The van der Waals surface area contributed by atoms with Crippen molar-refractivity contribution < 1.29 is 9.18 Å². The van der Waals surface area contributed by atoms with E-state index < -0.39 is 11.7 Å². The molecule has 2 aromatic carbocycles. The number of aromatic nitrogens is 6. The standard InChI is InChI=1S/C21H20FN7O/c1-4-20-17(12-23-29(20)15-7-5-13(2)6-8-15)21(30)24-19-11-16(9-10-18(19)22)28-14(3)25-26-27-28/h5-12H,4H2,1-3H3,(H,24,30). The average molecular weight is 405 g/mol. The molecule has 0 aliphatic rings. The summed E-state index contributed by atoms with van der Waals surface area (Å²) in [5.41, 5.74) is 3.71. The summed E-state index contributed by atoms with van der Waals surface area (Å²) in [6.45, 7) is 5.68. The van der Waals surface area contributed by atoms with Gasteiger partial charge in [-0.25, -0.2) is 9.07 Å². The van der Waals surface area contributed by atoms with E-state index in [2.05, 4.69) is 25.9 Å². The molecule has 0 radical (unpaired) electrons. The number of aryl methyl sites for hydroxylation is 2. The number of amides is 1. The Bertz CT molecular complexity index is 1210. The van der Waals surface area contributed by atoms with Crippen LogP contribution < -0.4 is 5.32 Å². The Kier molecular flexibility index (Phi) is 5.09. The smallest absolute Gasteiger partial charge is 0.259 e. The van der Waals surface area contributed by atoms with Gasteiger partial charge in [-0.15, -0.1) is 5.10 Å². The first kappa shape index (κ1) is 19.4. The Morgan fingerprint density at radius 3 is 2.47 bits per heavy atom. The van der Waals surface area contributed by atoms with Gasteiger partial charge in [-0.3, -0.25) is 4.79 Å². The molecule has 0 bridgehead atoms. The fourth-order valence-electron chi connectivity index (χ4n) is 3.21. The predicted molar refractivity (Wildman–Crippen MR) is 109 cm³/mol. The van der Waals surface area contributed by atoms with E-state index in [1.807, 2.05) is 38.1 Å². The van der Waals surface area contributed by atoms with Crippen molar-refractivity contribution in [3.05, 3.63) is 77.1 Å². The van der Waals surface area contributed by atoms with Crippen LogP contribution in [0.5, 0.6) is 0 Å². The van der Waals surface area contributed by atoms with Gasteiger partial charge < -0.3 is 5.32 Å². The van der Waals surface area contributed by atoms with Crippen molar-refractivity contribution in [1.82, 2.24) is 30.0 Å². The number of hydrogen-bond acceptors (Lipinski definition) is 5. The Balaban J connectivity index is 1.65. The summed E-state index contributed by atoms with van der Waals surface area (Å²) >= 11 is 0. The minimum absolute atomic E-state index is 0.0394. The lowest BCUT2D eigenvalue weighted by molar-refractivity contribution is 0.102. The first-order valence-corrected chi connectivity index (χ1v) is 9.48. The zero-order valence-electron chi connectivity index (χ0n) is 16.8. The molecule has 0 aliphatic heterocycles. The molecule has 2 aromatic heterocycles. The van der Waals surface area contributed by atoms with Crippen LogP contribution in [0.15, 0.2) is 48.7 Å². The molecule has 0 aliphatic carbocycles. The highest BCUT2D eigenvalue weighted by atomic mass is 19.1. The Hall–Kier alpha value is -3.88. The van der Waals surface area contributed by atoms with Gasteiger partial charge in [-0.2, -0.15) is 9.78 Å². The number of carbonyl (C=O) groups excluding carboxylic acids is 1. The largest absolute Gasteiger partial charge is 0.319 e. The van der Waals surface area contributed by atoms with Gasteiger partial charge in [0.05, 0.1) is 34.5 Å². The van der Waals surface area contributed by atoms with Crippen LogP contribution in [0.4, 0.5) is 10.1 Å². The molecule has 1 amide bonds. The normalized spacial score (nSPS) is 10.9. The SMILES string of the molecule is CCc1c(C(=O)Nc2cc(-n3nnnc3C)ccc2F)cnn1-c1ccc(C)cc1. The van der Waals surface area contributed by atoms with E-state index in [4.69, 9.17) is 0 Å². The molecule has 0 spiro atoms. The third-order valence-electron chi connectivity index (χ3n) is 4.80. The molecule has 0 atom stereocenters. The van der Waals surface area contributed by atoms with Gasteiger partial charge in [0.1, 0.15) is 5.82 Å². The number of nitrogens with zero attached hydrogens (tertiary/aromatic N) is 6. The van der Waals surface area contributed by atoms with Gasteiger partial charge in [0, 0.05) is 0 Å². The van der Waals surface area contributed by atoms with E-state index in [9.17, 15) is 9.18 Å². The maximum absolute atomic E-state index is 14.4. The van der Waals surface area contributed by atoms with Crippen molar-refractivity contribution in [3.63, 3.8) is 0 Å². The fourth-order valence-corrected chi connectivity index (χ4v) is 3.21. The summed E-state index contributed by atoms with van der Waals surface area (Å²) in [6, 6.07) is 12.2. The topological polar surface area (TPSA) is 90.5 Å². The second-order valence-electron chi connectivity index (χ2n) is 6.86. The van der Waals surface area contributed by atoms with E-state index in [-0.39, 0.29) is 5.69 Å². The van der Waals surface area contributed by atoms with Gasteiger partial charge >= 0.3 is 0 Å². The van der Waals surface area contributed by atoms with Crippen molar-refractivity contribution in [2.24, 2.45) is 0 Å². The number of tetrazole rings is 1. The number of halogens is 1. The molecular weight excluding hydrogens is 385 g/mol. The summed E-state index contributed by atoms with van der Waals surface area (Å²) in [4.78, 5) is 12.9. The quantitative estimate of drug-likeness (QED) is 0.549. The first-order valence-electron chi connectivity index (χ1n) is 9.48. The summed E-state index contributed by atoms with van der Waals surface area (Å²) in [5.74, 6) is -0.442. The second-order valence-corrected chi connectivity index (χ2v) is 6.86.